The first-order valence-corrected chi connectivity index (χ1v) is 12.6. The molecule has 10 nitrogen and oxygen atoms in total. The van der Waals surface area contributed by atoms with Gasteiger partial charge in [-0.3, -0.25) is 4.79 Å². The Hall–Kier alpha value is -3.77. The second-order valence-electron chi connectivity index (χ2n) is 7.36. The summed E-state index contributed by atoms with van der Waals surface area (Å²) in [4.78, 5) is 27.1. The lowest BCUT2D eigenvalue weighted by Crippen LogP contribution is -2.24. The number of amides is 1. The van der Waals surface area contributed by atoms with Crippen LogP contribution in [0.15, 0.2) is 61.0 Å². The average molecular weight is 504 g/mol. The molecule has 34 heavy (non-hydrogen) atoms. The Balaban J connectivity index is 0.000000192. The lowest BCUT2D eigenvalue weighted by molar-refractivity contribution is 0.0600. The summed E-state index contributed by atoms with van der Waals surface area (Å²) in [7, 11) is -5.61. The SMILES string of the molecule is CC1=Cc2ccc(C(=O)N=C(N)N)cc2S1(=O)=O.COC(=O)c1ccc2c(c1)S(=O)(=O)C(C)=C2. The summed E-state index contributed by atoms with van der Waals surface area (Å²) in [6.45, 7) is 3.04. The number of nitrogens with zero attached hydrogens (tertiary/aromatic N) is 1. The fourth-order valence-corrected chi connectivity index (χ4v) is 5.97. The van der Waals surface area contributed by atoms with E-state index < -0.39 is 31.6 Å². The number of allylic oxidation sites excluding steroid dienone is 2. The molecule has 178 valence electrons. The Kier molecular flexibility index (Phi) is 6.49. The van der Waals surface area contributed by atoms with Crippen LogP contribution in [0.1, 0.15) is 45.7 Å². The lowest BCUT2D eigenvalue weighted by atomic mass is 10.1. The third-order valence-electron chi connectivity index (χ3n) is 5.07. The highest BCUT2D eigenvalue weighted by Crippen LogP contribution is 2.34. The standard InChI is InChI=1S/C11H11N3O3S.C11H10O4S/c1-6-4-7-2-3-8(10(15)14-11(12)13)5-9(7)18(6,16)17;1-7-5-8-3-4-9(11(12)15-2)6-10(8)16(7,13)14/h2-5H,1H3,(H4,12,13,14,15);3-6H,1-2H3. The van der Waals surface area contributed by atoms with Crippen LogP contribution in [0.3, 0.4) is 0 Å². The van der Waals surface area contributed by atoms with E-state index in [9.17, 15) is 26.4 Å². The minimum atomic E-state index is -3.47. The zero-order valence-electron chi connectivity index (χ0n) is 18.4. The highest BCUT2D eigenvalue weighted by molar-refractivity contribution is 7.96. The van der Waals surface area contributed by atoms with Crippen molar-refractivity contribution in [2.75, 3.05) is 7.11 Å². The third-order valence-corrected chi connectivity index (χ3v) is 8.87. The Morgan fingerprint density at radius 2 is 1.24 bits per heavy atom. The molecule has 0 aliphatic carbocycles. The fraction of sp³-hybridized carbons (Fsp3) is 0.136. The normalized spacial score (nSPS) is 16.1. The first kappa shape index (κ1) is 24.9. The second kappa shape index (κ2) is 8.88. The molecule has 0 fully saturated rings. The van der Waals surface area contributed by atoms with E-state index in [2.05, 4.69) is 9.73 Å². The largest absolute Gasteiger partial charge is 0.465 e. The van der Waals surface area contributed by atoms with Crippen molar-refractivity contribution in [3.8, 4) is 0 Å². The molecule has 0 unspecified atom stereocenters. The number of carbonyl (C=O) groups is 2. The Bertz CT molecular complexity index is 1530. The van der Waals surface area contributed by atoms with Crippen LogP contribution < -0.4 is 11.5 Å². The van der Waals surface area contributed by atoms with Gasteiger partial charge in [-0.15, -0.1) is 0 Å². The van der Waals surface area contributed by atoms with Gasteiger partial charge in [-0.2, -0.15) is 4.99 Å². The number of nitrogens with two attached hydrogens (primary N) is 2. The molecule has 12 heteroatoms. The number of guanidine groups is 1. The molecule has 0 aromatic heterocycles. The van der Waals surface area contributed by atoms with Gasteiger partial charge in [0.1, 0.15) is 0 Å². The molecular formula is C22H21N3O7S2. The number of aliphatic imine (C=N–C) groups is 1. The molecule has 0 bridgehead atoms. The van der Waals surface area contributed by atoms with Gasteiger partial charge in [0.15, 0.2) is 5.96 Å². The quantitative estimate of drug-likeness (QED) is 0.352. The van der Waals surface area contributed by atoms with E-state index in [-0.39, 0.29) is 31.8 Å². The molecule has 1 amide bonds. The summed E-state index contributed by atoms with van der Waals surface area (Å²) in [5.74, 6) is -1.57. The van der Waals surface area contributed by atoms with E-state index in [1.165, 1.54) is 39.2 Å². The molecule has 4 N–H and O–H groups in total. The summed E-state index contributed by atoms with van der Waals surface area (Å²) in [5, 5.41) is 0. The molecule has 2 aliphatic heterocycles. The van der Waals surface area contributed by atoms with Gasteiger partial charge in [0.2, 0.25) is 19.7 Å². The summed E-state index contributed by atoms with van der Waals surface area (Å²) in [6.07, 6.45) is 3.14. The maximum Gasteiger partial charge on any atom is 0.337 e. The second-order valence-corrected chi connectivity index (χ2v) is 11.5. The van der Waals surface area contributed by atoms with Gasteiger partial charge in [0.25, 0.3) is 5.91 Å². The summed E-state index contributed by atoms with van der Waals surface area (Å²) >= 11 is 0. The number of hydrogen-bond donors (Lipinski definition) is 2. The van der Waals surface area contributed by atoms with Gasteiger partial charge in [0.05, 0.1) is 22.5 Å². The smallest absolute Gasteiger partial charge is 0.337 e. The predicted molar refractivity (Wildman–Crippen MR) is 126 cm³/mol. The number of sulfone groups is 2. The minimum Gasteiger partial charge on any atom is -0.465 e. The van der Waals surface area contributed by atoms with Gasteiger partial charge >= 0.3 is 5.97 Å². The summed E-state index contributed by atoms with van der Waals surface area (Å²) < 4.78 is 52.0. The van der Waals surface area contributed by atoms with E-state index >= 15 is 0 Å². The van der Waals surface area contributed by atoms with Crippen molar-refractivity contribution in [2.24, 2.45) is 16.5 Å². The van der Waals surface area contributed by atoms with Crippen molar-refractivity contribution < 1.29 is 31.2 Å². The molecule has 2 heterocycles. The molecular weight excluding hydrogens is 482 g/mol. The molecule has 2 aromatic carbocycles. The van der Waals surface area contributed by atoms with Crippen LogP contribution in [0.25, 0.3) is 12.2 Å². The zero-order valence-corrected chi connectivity index (χ0v) is 20.0. The van der Waals surface area contributed by atoms with Crippen LogP contribution in [-0.4, -0.2) is 41.8 Å². The van der Waals surface area contributed by atoms with Crippen LogP contribution in [0.5, 0.6) is 0 Å². The van der Waals surface area contributed by atoms with Crippen LogP contribution in [0, 0.1) is 0 Å². The van der Waals surface area contributed by atoms with Crippen LogP contribution in [0.4, 0.5) is 0 Å². The van der Waals surface area contributed by atoms with Gasteiger partial charge in [-0.05, 0) is 61.4 Å². The topological polar surface area (TPSA) is 176 Å². The van der Waals surface area contributed by atoms with Crippen molar-refractivity contribution in [1.82, 2.24) is 0 Å². The summed E-state index contributed by atoms with van der Waals surface area (Å²) in [6, 6.07) is 8.83. The van der Waals surface area contributed by atoms with Gasteiger partial charge in [0, 0.05) is 15.4 Å². The molecule has 4 rings (SSSR count). The zero-order chi connectivity index (χ0) is 25.4. The number of carbonyl (C=O) groups excluding carboxylic acids is 2. The molecule has 0 spiro atoms. The molecule has 2 aliphatic rings. The average Bonchev–Trinajstić information content (AvgIpc) is 3.14. The fourth-order valence-electron chi connectivity index (χ4n) is 3.27. The van der Waals surface area contributed by atoms with Gasteiger partial charge in [-0.1, -0.05) is 12.1 Å². The van der Waals surface area contributed by atoms with E-state index in [4.69, 9.17) is 11.5 Å². The number of methoxy groups -OCH3 is 1. The number of rotatable bonds is 2. The maximum atomic E-state index is 11.9. The van der Waals surface area contributed by atoms with Crippen molar-refractivity contribution in [2.45, 2.75) is 23.6 Å². The van der Waals surface area contributed by atoms with Crippen molar-refractivity contribution >= 4 is 49.7 Å². The summed E-state index contributed by atoms with van der Waals surface area (Å²) in [5.41, 5.74) is 11.8. The molecule has 0 saturated heterocycles. The van der Waals surface area contributed by atoms with Gasteiger partial charge < -0.3 is 16.2 Å². The van der Waals surface area contributed by atoms with Crippen molar-refractivity contribution in [1.29, 1.82) is 0 Å². The number of esters is 1. The lowest BCUT2D eigenvalue weighted by Gasteiger charge is -2.03. The van der Waals surface area contributed by atoms with E-state index in [1.807, 2.05) is 0 Å². The first-order chi connectivity index (χ1) is 15.8. The predicted octanol–water partition coefficient (Wildman–Crippen LogP) is 1.87. The monoisotopic (exact) mass is 503 g/mol. The third kappa shape index (κ3) is 4.50. The van der Waals surface area contributed by atoms with Crippen LogP contribution in [-0.2, 0) is 24.4 Å². The Morgan fingerprint density at radius 1 is 0.794 bits per heavy atom. The van der Waals surface area contributed by atoms with Crippen molar-refractivity contribution in [3.05, 3.63) is 68.5 Å². The number of benzene rings is 2. The number of hydrogen-bond acceptors (Lipinski definition) is 7. The number of ether oxygens (including phenoxy) is 1. The molecule has 0 saturated carbocycles. The Morgan fingerprint density at radius 3 is 1.68 bits per heavy atom. The van der Waals surface area contributed by atoms with Crippen LogP contribution >= 0.6 is 0 Å². The number of fused-ring (bicyclic) bond motifs is 2. The van der Waals surface area contributed by atoms with E-state index in [0.717, 1.165) is 0 Å². The van der Waals surface area contributed by atoms with Crippen molar-refractivity contribution in [3.63, 3.8) is 0 Å². The van der Waals surface area contributed by atoms with E-state index in [0.29, 0.717) is 16.0 Å². The van der Waals surface area contributed by atoms with E-state index in [1.54, 1.807) is 30.4 Å². The highest BCUT2D eigenvalue weighted by atomic mass is 32.2. The Labute approximate surface area is 196 Å². The minimum absolute atomic E-state index is 0.108. The first-order valence-electron chi connectivity index (χ1n) is 9.66. The van der Waals surface area contributed by atoms with Gasteiger partial charge in [-0.25, -0.2) is 21.6 Å². The molecule has 0 atom stereocenters. The molecule has 0 radical (unpaired) electrons. The highest BCUT2D eigenvalue weighted by Gasteiger charge is 2.28. The molecule has 2 aromatic rings. The van der Waals surface area contributed by atoms with Crippen LogP contribution in [0.2, 0.25) is 0 Å². The maximum absolute atomic E-state index is 11.9.